The van der Waals surface area contributed by atoms with Crippen molar-refractivity contribution in [3.63, 3.8) is 0 Å². The molecule has 0 amide bonds. The van der Waals surface area contributed by atoms with Crippen LogP contribution < -0.4 is 24.8 Å². The van der Waals surface area contributed by atoms with Crippen molar-refractivity contribution in [3.05, 3.63) is 178 Å². The summed E-state index contributed by atoms with van der Waals surface area (Å²) in [5, 5.41) is 0. The van der Waals surface area contributed by atoms with Crippen molar-refractivity contribution in [2.75, 3.05) is 0 Å². The molecular formula is C52H64Cl2Zr2-2. The molecule has 4 aliphatic rings. The molecule has 0 radical (unpaired) electrons. The van der Waals surface area contributed by atoms with E-state index in [9.17, 15) is 0 Å². The molecule has 0 saturated heterocycles. The Morgan fingerprint density at radius 1 is 0.518 bits per heavy atom. The van der Waals surface area contributed by atoms with E-state index in [0.29, 0.717) is 10.8 Å². The summed E-state index contributed by atoms with van der Waals surface area (Å²) in [5.74, 6) is 0. The van der Waals surface area contributed by atoms with Crippen molar-refractivity contribution in [3.8, 4) is 0 Å². The SMILES string of the molecule is CC(C)(C)C1=CC[C-]=C1.CC(C)(C)C1=CC[C-]=C1.C[C](=[Zr+2])c1ccccc1.C[C](=[Zr+2])c1ccccc1.[Cl-].[Cl-].c1cc2c([cH-]1)CCCC2.c1cc2c([cH-]1)CCCC2. The van der Waals surface area contributed by atoms with Gasteiger partial charge in [0.2, 0.25) is 0 Å². The van der Waals surface area contributed by atoms with Crippen LogP contribution in [0.1, 0.15) is 127 Å². The molecule has 4 heteroatoms. The third-order valence-electron chi connectivity index (χ3n) is 9.84. The van der Waals surface area contributed by atoms with Gasteiger partial charge < -0.3 is 24.8 Å². The third kappa shape index (κ3) is 20.2. The third-order valence-corrected chi connectivity index (χ3v) is 11.3. The number of benzene rings is 2. The number of hydrogen-bond donors (Lipinski definition) is 0. The average Bonchev–Trinajstić information content (AvgIpc) is 4.01. The normalized spacial score (nSPS) is 14.4. The monoisotopic (exact) mass is 938 g/mol. The Bertz CT molecular complexity index is 1640. The van der Waals surface area contributed by atoms with Crippen LogP contribution in [0.15, 0.2) is 133 Å². The van der Waals surface area contributed by atoms with Crippen LogP contribution in [0.25, 0.3) is 0 Å². The Morgan fingerprint density at radius 2 is 0.857 bits per heavy atom. The van der Waals surface area contributed by atoms with Gasteiger partial charge in [-0.25, -0.2) is 24.3 Å². The molecule has 296 valence electrons. The van der Waals surface area contributed by atoms with Gasteiger partial charge in [-0.2, -0.15) is 69.8 Å². The molecule has 0 spiro atoms. The molecule has 0 N–H and O–H groups in total. The van der Waals surface area contributed by atoms with Gasteiger partial charge in [0, 0.05) is 0 Å². The Balaban J connectivity index is 0.000000334. The van der Waals surface area contributed by atoms with Crippen LogP contribution in [0.5, 0.6) is 0 Å². The number of fused-ring (bicyclic) bond motifs is 2. The van der Waals surface area contributed by atoms with Crippen LogP contribution in [0.3, 0.4) is 0 Å². The van der Waals surface area contributed by atoms with Crippen molar-refractivity contribution in [2.24, 2.45) is 10.8 Å². The van der Waals surface area contributed by atoms with Crippen LogP contribution in [-0.4, -0.2) is 6.41 Å². The molecule has 0 atom stereocenters. The van der Waals surface area contributed by atoms with Crippen LogP contribution in [0.4, 0.5) is 0 Å². The molecule has 0 unspecified atom stereocenters. The summed E-state index contributed by atoms with van der Waals surface area (Å²) in [6.45, 7) is 17.7. The van der Waals surface area contributed by atoms with E-state index in [-0.39, 0.29) is 24.8 Å². The van der Waals surface area contributed by atoms with Crippen molar-refractivity contribution in [2.45, 2.75) is 120 Å². The van der Waals surface area contributed by atoms with Gasteiger partial charge in [0.25, 0.3) is 0 Å². The van der Waals surface area contributed by atoms with Gasteiger partial charge in [0.1, 0.15) is 0 Å². The van der Waals surface area contributed by atoms with E-state index in [1.165, 1.54) is 129 Å². The number of aryl methyl sites for hydroxylation is 4. The summed E-state index contributed by atoms with van der Waals surface area (Å²) >= 11 is 3.01. The molecule has 4 aromatic carbocycles. The zero-order valence-corrected chi connectivity index (χ0v) is 41.8. The number of allylic oxidation sites excluding steroid dienone is 8. The Hall–Kier alpha value is -1.81. The summed E-state index contributed by atoms with van der Waals surface area (Å²) in [6.07, 6.45) is 27.9. The molecule has 4 aliphatic carbocycles. The van der Waals surface area contributed by atoms with E-state index in [4.69, 9.17) is 0 Å². The largest absolute Gasteiger partial charge is 1.00 e. The van der Waals surface area contributed by atoms with Crippen LogP contribution in [0, 0.1) is 23.0 Å². The maximum Gasteiger partial charge on any atom is -0.0512 e. The first-order valence-corrected chi connectivity index (χ1v) is 22.4. The van der Waals surface area contributed by atoms with E-state index in [2.05, 4.69) is 177 Å². The minimum atomic E-state index is 0. The van der Waals surface area contributed by atoms with Crippen LogP contribution in [0.2, 0.25) is 0 Å². The first-order valence-electron chi connectivity index (χ1n) is 20.0. The molecule has 8 rings (SSSR count). The van der Waals surface area contributed by atoms with Crippen molar-refractivity contribution >= 4 is 6.41 Å². The number of halogens is 2. The fourth-order valence-electron chi connectivity index (χ4n) is 6.44. The van der Waals surface area contributed by atoms with Gasteiger partial charge in [-0.15, -0.1) is 12.8 Å². The first-order chi connectivity index (χ1) is 25.8. The maximum atomic E-state index is 3.16. The Kier molecular flexibility index (Phi) is 25.9. The number of rotatable bonds is 2. The fraction of sp³-hybridized carbons (Fsp3) is 0.385. The molecule has 0 heterocycles. The van der Waals surface area contributed by atoms with Gasteiger partial charge in [-0.1, -0.05) is 104 Å². The minimum Gasteiger partial charge on any atom is -1.00 e. The average molecular weight is 942 g/mol. The summed E-state index contributed by atoms with van der Waals surface area (Å²) < 4.78 is 2.92. The molecule has 0 fully saturated rings. The Morgan fingerprint density at radius 3 is 1.09 bits per heavy atom. The second-order valence-corrected chi connectivity index (χ2v) is 20.2. The van der Waals surface area contributed by atoms with E-state index >= 15 is 0 Å². The van der Waals surface area contributed by atoms with E-state index in [1.807, 2.05) is 12.1 Å². The smallest absolute Gasteiger partial charge is 0.0512 e. The van der Waals surface area contributed by atoms with Crippen molar-refractivity contribution < 1.29 is 73.3 Å². The van der Waals surface area contributed by atoms with Gasteiger partial charge in [-0.3, -0.25) is 12.2 Å². The zero-order chi connectivity index (χ0) is 39.4. The quantitative estimate of drug-likeness (QED) is 0.182. The summed E-state index contributed by atoms with van der Waals surface area (Å²) in [5.41, 5.74) is 12.6. The molecule has 56 heavy (non-hydrogen) atoms. The molecule has 0 bridgehead atoms. The second kappa shape index (κ2) is 27.8. The van der Waals surface area contributed by atoms with Gasteiger partial charge in [0.15, 0.2) is 0 Å². The molecular weight excluding hydrogens is 878 g/mol. The minimum absolute atomic E-state index is 0. The van der Waals surface area contributed by atoms with Gasteiger partial charge in [0.05, 0.1) is 0 Å². The summed E-state index contributed by atoms with van der Waals surface area (Å²) in [7, 11) is 0. The number of hydrogen-bond acceptors (Lipinski definition) is 0. The maximum absolute atomic E-state index is 3.16. The summed E-state index contributed by atoms with van der Waals surface area (Å²) in [4.78, 5) is 0. The van der Waals surface area contributed by atoms with Crippen molar-refractivity contribution in [1.82, 2.24) is 0 Å². The van der Waals surface area contributed by atoms with Gasteiger partial charge in [-0.05, 0) is 0 Å². The van der Waals surface area contributed by atoms with Crippen molar-refractivity contribution in [1.29, 1.82) is 0 Å². The predicted molar refractivity (Wildman–Crippen MR) is 230 cm³/mol. The fourth-order valence-corrected chi connectivity index (χ4v) is 7.26. The molecule has 4 aromatic rings. The van der Waals surface area contributed by atoms with Gasteiger partial charge >= 0.3 is 141 Å². The van der Waals surface area contributed by atoms with E-state index in [0.717, 1.165) is 12.8 Å². The topological polar surface area (TPSA) is 0 Å². The van der Waals surface area contributed by atoms with E-state index in [1.54, 1.807) is 22.3 Å². The molecule has 0 nitrogen and oxygen atoms in total. The Labute approximate surface area is 384 Å². The summed E-state index contributed by atoms with van der Waals surface area (Å²) in [6, 6.07) is 34.3. The molecule has 0 aliphatic heterocycles. The van der Waals surface area contributed by atoms with Crippen LogP contribution in [-0.2, 0) is 74.2 Å². The zero-order valence-electron chi connectivity index (χ0n) is 35.4. The standard InChI is InChI=1S/2C9H11.2C9H13.2C8H8.2ClH.2Zr/c2*1-2-5-9-7-3-6-8(9)4-1;2*1-9(2,3)8-6-4-5-7-8;2*1-2-8-6-4-3-5-7-8;;;;/h2*3,6-7H,1-2,4-5H2;2*6-7H,4H2,1-3H3;2*3-7H,1H3;2*1H;;/q4*-1;;;;;2*+2/p-2. The van der Waals surface area contributed by atoms with E-state index < -0.39 is 0 Å². The predicted octanol–water partition coefficient (Wildman–Crippen LogP) is 7.57. The molecule has 0 aromatic heterocycles. The molecule has 0 saturated carbocycles. The second-order valence-electron chi connectivity index (χ2n) is 16.5. The van der Waals surface area contributed by atoms with Crippen LogP contribution >= 0.6 is 0 Å². The first kappa shape index (κ1) is 52.2.